The number of non-ortho nitro benzene ring substituents is 1. The Hall–Kier alpha value is -3.26. The number of aliphatic carboxylic acids is 2. The minimum Gasteiger partial charge on any atom is -0.481 e. The highest BCUT2D eigenvalue weighted by Crippen LogP contribution is 2.20. The number of ether oxygens (including phenoxy) is 1. The Labute approximate surface area is 190 Å². The second-order valence-electron chi connectivity index (χ2n) is 7.98. The number of nitrogens with one attached hydrogen (secondary N) is 1. The van der Waals surface area contributed by atoms with Gasteiger partial charge in [0.1, 0.15) is 11.6 Å². The number of carbonyl (C=O) groups is 3. The molecule has 0 aliphatic heterocycles. The summed E-state index contributed by atoms with van der Waals surface area (Å²) >= 11 is 0. The van der Waals surface area contributed by atoms with Crippen LogP contribution in [0, 0.1) is 16.0 Å². The Kier molecular flexibility index (Phi) is 9.73. The topological polar surface area (TPSA) is 199 Å². The molecule has 0 aliphatic rings. The molecule has 0 saturated heterocycles. The van der Waals surface area contributed by atoms with Gasteiger partial charge in [-0.1, -0.05) is 0 Å². The maximum absolute atomic E-state index is 12.1. The van der Waals surface area contributed by atoms with Gasteiger partial charge >= 0.3 is 18.0 Å². The molecule has 33 heavy (non-hydrogen) atoms. The SMILES string of the molecule is CC(C)(C)OC(=O)N[C@@H](CC(CCCOS(=O)(=O)c1ccc([N+](=O)[O-])cc1)C(=O)O)C(=O)O. The summed E-state index contributed by atoms with van der Waals surface area (Å²) in [6.07, 6.45) is -1.66. The fraction of sp³-hybridized carbons (Fsp3) is 0.526. The van der Waals surface area contributed by atoms with Crippen LogP contribution in [0.1, 0.15) is 40.0 Å². The first-order valence-electron chi connectivity index (χ1n) is 9.71. The van der Waals surface area contributed by atoms with Crippen molar-refractivity contribution >= 4 is 33.8 Å². The van der Waals surface area contributed by atoms with E-state index in [0.717, 1.165) is 24.3 Å². The molecule has 1 amide bonds. The summed E-state index contributed by atoms with van der Waals surface area (Å²) in [5.41, 5.74) is -1.18. The molecule has 3 N–H and O–H groups in total. The number of benzene rings is 1. The number of amides is 1. The van der Waals surface area contributed by atoms with Crippen LogP contribution in [0.3, 0.4) is 0 Å². The molecule has 0 aromatic heterocycles. The van der Waals surface area contributed by atoms with Gasteiger partial charge < -0.3 is 20.3 Å². The maximum atomic E-state index is 12.1. The predicted molar refractivity (Wildman–Crippen MR) is 112 cm³/mol. The van der Waals surface area contributed by atoms with E-state index in [1.165, 1.54) is 0 Å². The monoisotopic (exact) mass is 490 g/mol. The van der Waals surface area contributed by atoms with Crippen LogP contribution >= 0.6 is 0 Å². The molecule has 1 aromatic carbocycles. The van der Waals surface area contributed by atoms with Gasteiger partial charge in [-0.3, -0.25) is 19.1 Å². The molecular formula is C19H26N2O11S. The van der Waals surface area contributed by atoms with Crippen molar-refractivity contribution in [3.8, 4) is 0 Å². The average Bonchev–Trinajstić information content (AvgIpc) is 2.67. The number of nitro groups is 1. The fourth-order valence-electron chi connectivity index (χ4n) is 2.60. The van der Waals surface area contributed by atoms with Gasteiger partial charge in [-0.15, -0.1) is 0 Å². The van der Waals surface area contributed by atoms with Gasteiger partial charge in [-0.2, -0.15) is 8.42 Å². The van der Waals surface area contributed by atoms with Gasteiger partial charge in [0.05, 0.1) is 22.3 Å². The number of rotatable bonds is 12. The van der Waals surface area contributed by atoms with E-state index in [2.05, 4.69) is 5.32 Å². The number of carbonyl (C=O) groups excluding carboxylic acids is 1. The van der Waals surface area contributed by atoms with Crippen LogP contribution in [0.25, 0.3) is 0 Å². The molecule has 0 bridgehead atoms. The molecule has 0 spiro atoms. The Morgan fingerprint density at radius 3 is 2.15 bits per heavy atom. The van der Waals surface area contributed by atoms with Gasteiger partial charge in [0.15, 0.2) is 0 Å². The summed E-state index contributed by atoms with van der Waals surface area (Å²) < 4.78 is 34.1. The largest absolute Gasteiger partial charge is 0.481 e. The van der Waals surface area contributed by atoms with Crippen LogP contribution in [0.4, 0.5) is 10.5 Å². The lowest BCUT2D eigenvalue weighted by Crippen LogP contribution is -2.45. The van der Waals surface area contributed by atoms with Crippen molar-refractivity contribution in [2.24, 2.45) is 5.92 Å². The Balaban J connectivity index is 2.67. The Morgan fingerprint density at radius 2 is 1.70 bits per heavy atom. The Morgan fingerprint density at radius 1 is 1.12 bits per heavy atom. The number of carboxylic acids is 2. The lowest BCUT2D eigenvalue weighted by molar-refractivity contribution is -0.384. The molecule has 184 valence electrons. The molecule has 1 aromatic rings. The molecule has 1 rings (SSSR count). The molecule has 0 saturated carbocycles. The number of alkyl carbamates (subject to hydrolysis) is 1. The summed E-state index contributed by atoms with van der Waals surface area (Å²) in [5, 5.41) is 31.4. The number of nitro benzene ring substituents is 1. The third-order valence-corrected chi connectivity index (χ3v) is 5.46. The van der Waals surface area contributed by atoms with Crippen molar-refractivity contribution in [3.05, 3.63) is 34.4 Å². The standard InChI is InChI=1S/C19H26N2O11S/c1-19(2,3)32-18(26)20-15(17(24)25)11-12(16(22)23)5-4-10-31-33(29,30)14-8-6-13(7-9-14)21(27)28/h6-9,12,15H,4-5,10-11H2,1-3H3,(H,20,26)(H,22,23)(H,24,25)/t12?,15-/m0/s1. The van der Waals surface area contributed by atoms with Crippen LogP contribution in [0.2, 0.25) is 0 Å². The van der Waals surface area contributed by atoms with Crippen molar-refractivity contribution in [1.29, 1.82) is 0 Å². The first-order valence-corrected chi connectivity index (χ1v) is 11.1. The smallest absolute Gasteiger partial charge is 0.408 e. The summed E-state index contributed by atoms with van der Waals surface area (Å²) in [4.78, 5) is 44.4. The van der Waals surface area contributed by atoms with E-state index >= 15 is 0 Å². The van der Waals surface area contributed by atoms with E-state index in [4.69, 9.17) is 8.92 Å². The van der Waals surface area contributed by atoms with E-state index in [9.17, 15) is 43.1 Å². The van der Waals surface area contributed by atoms with Gasteiger partial charge in [0.25, 0.3) is 15.8 Å². The van der Waals surface area contributed by atoms with Crippen molar-refractivity contribution in [1.82, 2.24) is 5.32 Å². The van der Waals surface area contributed by atoms with Crippen LogP contribution < -0.4 is 5.32 Å². The first-order chi connectivity index (χ1) is 15.1. The second-order valence-corrected chi connectivity index (χ2v) is 9.59. The third-order valence-electron chi connectivity index (χ3n) is 4.13. The van der Waals surface area contributed by atoms with Crippen LogP contribution in [0.5, 0.6) is 0 Å². The van der Waals surface area contributed by atoms with E-state index in [-0.39, 0.29) is 23.4 Å². The summed E-state index contributed by atoms with van der Waals surface area (Å²) in [7, 11) is -4.23. The quantitative estimate of drug-likeness (QED) is 0.168. The van der Waals surface area contributed by atoms with Crippen LogP contribution in [0.15, 0.2) is 29.2 Å². The molecule has 0 heterocycles. The van der Waals surface area contributed by atoms with Crippen molar-refractivity contribution < 1.29 is 46.9 Å². The van der Waals surface area contributed by atoms with Crippen LogP contribution in [-0.4, -0.2) is 59.8 Å². The molecule has 0 fully saturated rings. The zero-order valence-electron chi connectivity index (χ0n) is 18.2. The molecule has 1 unspecified atom stereocenters. The summed E-state index contributed by atoms with van der Waals surface area (Å²) in [6, 6.07) is 2.48. The zero-order chi connectivity index (χ0) is 25.4. The van der Waals surface area contributed by atoms with E-state index < -0.39 is 63.7 Å². The third kappa shape index (κ3) is 9.82. The van der Waals surface area contributed by atoms with E-state index in [0.29, 0.717) is 0 Å². The minimum absolute atomic E-state index is 0.0536. The number of hydrogen-bond donors (Lipinski definition) is 3. The van der Waals surface area contributed by atoms with Gasteiger partial charge in [0, 0.05) is 12.1 Å². The second kappa shape index (κ2) is 11.6. The lowest BCUT2D eigenvalue weighted by Gasteiger charge is -2.23. The number of nitrogens with zero attached hydrogens (tertiary/aromatic N) is 1. The molecular weight excluding hydrogens is 464 g/mol. The molecule has 0 aliphatic carbocycles. The van der Waals surface area contributed by atoms with Gasteiger partial charge in [-0.25, -0.2) is 9.59 Å². The van der Waals surface area contributed by atoms with Gasteiger partial charge in [-0.05, 0) is 52.2 Å². The lowest BCUT2D eigenvalue weighted by atomic mass is 9.95. The predicted octanol–water partition coefficient (Wildman–Crippen LogP) is 2.15. The summed E-state index contributed by atoms with van der Waals surface area (Å²) in [6.45, 7) is 4.33. The number of carboxylic acid groups (broad SMARTS) is 2. The highest BCUT2D eigenvalue weighted by atomic mass is 32.2. The number of hydrogen-bond acceptors (Lipinski definition) is 9. The van der Waals surface area contributed by atoms with Gasteiger partial charge in [0.2, 0.25) is 0 Å². The molecule has 2 atom stereocenters. The van der Waals surface area contributed by atoms with Crippen molar-refractivity contribution in [2.75, 3.05) is 6.61 Å². The first kappa shape index (κ1) is 27.8. The minimum atomic E-state index is -4.23. The van der Waals surface area contributed by atoms with E-state index in [1.807, 2.05) is 0 Å². The normalized spacial score (nSPS) is 13.5. The maximum Gasteiger partial charge on any atom is 0.408 e. The summed E-state index contributed by atoms with van der Waals surface area (Å²) in [5.74, 6) is -4.00. The Bertz CT molecular complexity index is 968. The average molecular weight is 490 g/mol. The fourth-order valence-corrected chi connectivity index (χ4v) is 3.54. The highest BCUT2D eigenvalue weighted by molar-refractivity contribution is 7.86. The molecule has 0 radical (unpaired) electrons. The van der Waals surface area contributed by atoms with Crippen molar-refractivity contribution in [2.45, 2.75) is 56.6 Å². The van der Waals surface area contributed by atoms with Crippen molar-refractivity contribution in [3.63, 3.8) is 0 Å². The highest BCUT2D eigenvalue weighted by Gasteiger charge is 2.30. The molecule has 13 nitrogen and oxygen atoms in total. The molecule has 14 heteroatoms. The zero-order valence-corrected chi connectivity index (χ0v) is 19.0. The van der Waals surface area contributed by atoms with E-state index in [1.54, 1.807) is 20.8 Å². The van der Waals surface area contributed by atoms with Crippen LogP contribution in [-0.2, 0) is 28.6 Å².